The van der Waals surface area contributed by atoms with Gasteiger partial charge in [-0.15, -0.1) is 0 Å². The van der Waals surface area contributed by atoms with Crippen LogP contribution in [0.2, 0.25) is 0 Å². The molecule has 0 saturated carbocycles. The fourth-order valence-electron chi connectivity index (χ4n) is 3.49. The number of hydrogen-bond donors (Lipinski definition) is 0. The molecule has 0 spiro atoms. The molecule has 1 aliphatic heterocycles. The molecule has 1 fully saturated rings. The van der Waals surface area contributed by atoms with Gasteiger partial charge in [0.05, 0.1) is 23.4 Å². The minimum absolute atomic E-state index is 0.0231. The van der Waals surface area contributed by atoms with Crippen LogP contribution in [0.25, 0.3) is 10.2 Å². The van der Waals surface area contributed by atoms with Crippen molar-refractivity contribution in [2.24, 2.45) is 0 Å². The molecule has 1 aromatic heterocycles. The van der Waals surface area contributed by atoms with E-state index >= 15 is 0 Å². The Hall–Kier alpha value is -2.87. The van der Waals surface area contributed by atoms with Gasteiger partial charge in [-0.2, -0.15) is 0 Å². The first-order chi connectivity index (χ1) is 14.6. The maximum absolute atomic E-state index is 13.4. The average molecular weight is 430 g/mol. The lowest BCUT2D eigenvalue weighted by molar-refractivity contribution is 0.0746. The van der Waals surface area contributed by atoms with E-state index in [1.54, 1.807) is 24.3 Å². The Bertz CT molecular complexity index is 1050. The van der Waals surface area contributed by atoms with E-state index in [4.69, 9.17) is 9.47 Å². The van der Waals surface area contributed by atoms with Crippen LogP contribution in [-0.2, 0) is 0 Å². The van der Waals surface area contributed by atoms with Gasteiger partial charge in [-0.3, -0.25) is 4.79 Å². The van der Waals surface area contributed by atoms with Gasteiger partial charge in [0, 0.05) is 31.7 Å². The summed E-state index contributed by atoms with van der Waals surface area (Å²) in [6.07, 6.45) is 0. The molecule has 0 unspecified atom stereocenters. The quantitative estimate of drug-likeness (QED) is 0.588. The van der Waals surface area contributed by atoms with Crippen molar-refractivity contribution in [1.29, 1.82) is 0 Å². The number of aromatic nitrogens is 1. The Kier molecular flexibility index (Phi) is 6.03. The SMILES string of the molecule is CCOc1ccc(C(=O)N2CCN(c3nc4ccc(F)cc4s3)CC2)cc1OCC. The number of carbonyl (C=O) groups is 1. The number of thiazole rings is 1. The van der Waals surface area contributed by atoms with E-state index in [-0.39, 0.29) is 11.7 Å². The number of halogens is 1. The maximum atomic E-state index is 13.4. The monoisotopic (exact) mass is 429 g/mol. The Labute approximate surface area is 178 Å². The second-order valence-electron chi connectivity index (χ2n) is 6.92. The van der Waals surface area contributed by atoms with E-state index in [1.807, 2.05) is 18.7 Å². The Morgan fingerprint density at radius 2 is 1.77 bits per heavy atom. The molecule has 158 valence electrons. The molecule has 0 atom stereocenters. The van der Waals surface area contributed by atoms with Gasteiger partial charge in [0.2, 0.25) is 0 Å². The number of hydrogen-bond acceptors (Lipinski definition) is 6. The van der Waals surface area contributed by atoms with Crippen LogP contribution in [0, 0.1) is 5.82 Å². The number of fused-ring (bicyclic) bond motifs is 1. The predicted octanol–water partition coefficient (Wildman–Crippen LogP) is 4.20. The number of nitrogens with zero attached hydrogens (tertiary/aromatic N) is 3. The highest BCUT2D eigenvalue weighted by Gasteiger charge is 2.25. The zero-order valence-corrected chi connectivity index (χ0v) is 17.9. The molecular weight excluding hydrogens is 405 g/mol. The fourth-order valence-corrected chi connectivity index (χ4v) is 4.53. The summed E-state index contributed by atoms with van der Waals surface area (Å²) in [5.74, 6) is 0.957. The standard InChI is InChI=1S/C22H24FN3O3S/c1-3-28-18-8-5-15(13-19(18)29-4-2)21(27)25-9-11-26(12-10-25)22-24-17-7-6-16(23)14-20(17)30-22/h5-8,13-14H,3-4,9-12H2,1-2H3. The van der Waals surface area contributed by atoms with Gasteiger partial charge in [0.25, 0.3) is 5.91 Å². The van der Waals surface area contributed by atoms with E-state index < -0.39 is 0 Å². The van der Waals surface area contributed by atoms with Crippen LogP contribution < -0.4 is 14.4 Å². The molecule has 4 rings (SSSR count). The number of piperazine rings is 1. The summed E-state index contributed by atoms with van der Waals surface area (Å²) < 4.78 is 25.5. The van der Waals surface area contributed by atoms with Gasteiger partial charge in [-0.25, -0.2) is 9.37 Å². The van der Waals surface area contributed by atoms with E-state index in [1.165, 1.54) is 23.5 Å². The zero-order valence-electron chi connectivity index (χ0n) is 17.1. The fraction of sp³-hybridized carbons (Fsp3) is 0.364. The van der Waals surface area contributed by atoms with Crippen molar-refractivity contribution < 1.29 is 18.7 Å². The lowest BCUT2D eigenvalue weighted by atomic mass is 10.1. The molecular formula is C22H24FN3O3S. The molecule has 0 aliphatic carbocycles. The van der Waals surface area contributed by atoms with E-state index in [2.05, 4.69) is 9.88 Å². The lowest BCUT2D eigenvalue weighted by Gasteiger charge is -2.34. The third-order valence-corrected chi connectivity index (χ3v) is 6.05. The summed E-state index contributed by atoms with van der Waals surface area (Å²) in [4.78, 5) is 21.6. The van der Waals surface area contributed by atoms with Crippen LogP contribution in [0.15, 0.2) is 36.4 Å². The van der Waals surface area contributed by atoms with Gasteiger partial charge >= 0.3 is 0 Å². The molecule has 8 heteroatoms. The van der Waals surface area contributed by atoms with Crippen LogP contribution in [0.3, 0.4) is 0 Å². The van der Waals surface area contributed by atoms with Crippen molar-refractivity contribution >= 4 is 32.6 Å². The molecule has 6 nitrogen and oxygen atoms in total. The maximum Gasteiger partial charge on any atom is 0.254 e. The predicted molar refractivity (Wildman–Crippen MR) is 116 cm³/mol. The van der Waals surface area contributed by atoms with E-state index in [0.29, 0.717) is 56.5 Å². The minimum Gasteiger partial charge on any atom is -0.490 e. The van der Waals surface area contributed by atoms with Crippen LogP contribution in [0.1, 0.15) is 24.2 Å². The van der Waals surface area contributed by atoms with Crippen LogP contribution in [-0.4, -0.2) is 55.2 Å². The Morgan fingerprint density at radius 1 is 1.03 bits per heavy atom. The largest absolute Gasteiger partial charge is 0.490 e. The van der Waals surface area contributed by atoms with Crippen molar-refractivity contribution in [2.45, 2.75) is 13.8 Å². The number of carbonyl (C=O) groups excluding carboxylic acids is 1. The molecule has 1 aliphatic rings. The third kappa shape index (κ3) is 4.18. The van der Waals surface area contributed by atoms with Crippen LogP contribution >= 0.6 is 11.3 Å². The summed E-state index contributed by atoms with van der Waals surface area (Å²) in [7, 11) is 0. The highest BCUT2D eigenvalue weighted by Crippen LogP contribution is 2.31. The first-order valence-electron chi connectivity index (χ1n) is 10.1. The lowest BCUT2D eigenvalue weighted by Crippen LogP contribution is -2.48. The number of anilines is 1. The summed E-state index contributed by atoms with van der Waals surface area (Å²) in [5, 5.41) is 0.863. The molecule has 0 radical (unpaired) electrons. The van der Waals surface area contributed by atoms with Crippen LogP contribution in [0.5, 0.6) is 11.5 Å². The van der Waals surface area contributed by atoms with Crippen molar-refractivity contribution in [3.8, 4) is 11.5 Å². The van der Waals surface area contributed by atoms with E-state index in [0.717, 1.165) is 15.3 Å². The number of benzene rings is 2. The number of rotatable bonds is 6. The van der Waals surface area contributed by atoms with Crippen molar-refractivity contribution in [3.63, 3.8) is 0 Å². The zero-order chi connectivity index (χ0) is 21.1. The summed E-state index contributed by atoms with van der Waals surface area (Å²) in [6, 6.07) is 9.97. The normalized spacial score (nSPS) is 14.2. The Balaban J connectivity index is 1.44. The van der Waals surface area contributed by atoms with Gasteiger partial charge in [-0.1, -0.05) is 11.3 Å². The van der Waals surface area contributed by atoms with Gasteiger partial charge in [-0.05, 0) is 50.2 Å². The third-order valence-electron chi connectivity index (χ3n) is 4.97. The van der Waals surface area contributed by atoms with E-state index in [9.17, 15) is 9.18 Å². The molecule has 2 heterocycles. The highest BCUT2D eigenvalue weighted by molar-refractivity contribution is 7.22. The van der Waals surface area contributed by atoms with Gasteiger partial charge in [0.1, 0.15) is 5.82 Å². The highest BCUT2D eigenvalue weighted by atomic mass is 32.1. The smallest absolute Gasteiger partial charge is 0.254 e. The summed E-state index contributed by atoms with van der Waals surface area (Å²) in [6.45, 7) is 7.42. The average Bonchev–Trinajstić information content (AvgIpc) is 3.18. The molecule has 3 aromatic rings. The Morgan fingerprint density at radius 3 is 2.50 bits per heavy atom. The van der Waals surface area contributed by atoms with Gasteiger partial charge < -0.3 is 19.3 Å². The molecule has 30 heavy (non-hydrogen) atoms. The molecule has 0 bridgehead atoms. The molecule has 0 N–H and O–H groups in total. The number of ether oxygens (including phenoxy) is 2. The van der Waals surface area contributed by atoms with Crippen molar-refractivity contribution in [2.75, 3.05) is 44.3 Å². The second kappa shape index (κ2) is 8.87. The van der Waals surface area contributed by atoms with Crippen LogP contribution in [0.4, 0.5) is 9.52 Å². The molecule has 2 aromatic carbocycles. The first kappa shape index (κ1) is 20.4. The van der Waals surface area contributed by atoms with Crippen molar-refractivity contribution in [3.05, 3.63) is 47.8 Å². The van der Waals surface area contributed by atoms with Gasteiger partial charge in [0.15, 0.2) is 16.6 Å². The number of amides is 1. The minimum atomic E-state index is -0.255. The topological polar surface area (TPSA) is 54.9 Å². The first-order valence-corrected chi connectivity index (χ1v) is 10.9. The summed E-state index contributed by atoms with van der Waals surface area (Å²) in [5.41, 5.74) is 1.39. The van der Waals surface area contributed by atoms with Crippen molar-refractivity contribution in [1.82, 2.24) is 9.88 Å². The molecule has 1 amide bonds. The summed E-state index contributed by atoms with van der Waals surface area (Å²) >= 11 is 1.48. The second-order valence-corrected chi connectivity index (χ2v) is 7.92. The molecule has 1 saturated heterocycles.